The van der Waals surface area contributed by atoms with Gasteiger partial charge in [0.15, 0.2) is 11.5 Å². The van der Waals surface area contributed by atoms with Crippen LogP contribution in [0.3, 0.4) is 0 Å². The molecule has 1 aliphatic heterocycles. The highest BCUT2D eigenvalue weighted by Crippen LogP contribution is 2.32. The Morgan fingerprint density at radius 1 is 1.16 bits per heavy atom. The van der Waals surface area contributed by atoms with E-state index in [-0.39, 0.29) is 17.1 Å². The summed E-state index contributed by atoms with van der Waals surface area (Å²) in [7, 11) is 2.95. The predicted molar refractivity (Wildman–Crippen MR) is 123 cm³/mol. The zero-order valence-electron chi connectivity index (χ0n) is 17.6. The van der Waals surface area contributed by atoms with E-state index in [1.807, 2.05) is 17.5 Å². The molecule has 0 radical (unpaired) electrons. The van der Waals surface area contributed by atoms with Crippen molar-refractivity contribution in [3.63, 3.8) is 0 Å². The number of ether oxygens (including phenoxy) is 2. The number of aliphatic imine (C=N–C) groups is 2. The molecule has 0 fully saturated rings. The Kier molecular flexibility index (Phi) is 5.69. The van der Waals surface area contributed by atoms with Gasteiger partial charge in [0.25, 0.3) is 17.8 Å². The molecule has 0 unspecified atom stereocenters. The van der Waals surface area contributed by atoms with Crippen molar-refractivity contribution in [2.75, 3.05) is 19.5 Å². The molecule has 0 saturated heterocycles. The fourth-order valence-corrected chi connectivity index (χ4v) is 3.75. The average Bonchev–Trinajstić information content (AvgIpc) is 3.46. The van der Waals surface area contributed by atoms with Crippen molar-refractivity contribution >= 4 is 40.6 Å². The molecule has 3 heterocycles. The largest absolute Gasteiger partial charge is 0.493 e. The average molecular weight is 449 g/mol. The lowest BCUT2D eigenvalue weighted by molar-refractivity contribution is -0.113. The van der Waals surface area contributed by atoms with Crippen LogP contribution in [0.25, 0.3) is 10.6 Å². The third-order valence-corrected chi connectivity index (χ3v) is 5.62. The highest BCUT2D eigenvalue weighted by Gasteiger charge is 2.24. The number of amides is 2. The second-order valence-corrected chi connectivity index (χ2v) is 7.64. The maximum Gasteiger partial charge on any atom is 0.281 e. The van der Waals surface area contributed by atoms with Gasteiger partial charge in [-0.05, 0) is 30.5 Å². The van der Waals surface area contributed by atoms with Gasteiger partial charge in [0.1, 0.15) is 11.5 Å². The lowest BCUT2D eigenvalue weighted by atomic mass is 10.1. The van der Waals surface area contributed by atoms with E-state index in [1.165, 1.54) is 30.2 Å². The summed E-state index contributed by atoms with van der Waals surface area (Å²) in [4.78, 5) is 34.5. The first-order valence-corrected chi connectivity index (χ1v) is 10.3. The Labute approximate surface area is 187 Å². The second kappa shape index (κ2) is 8.60. The van der Waals surface area contributed by atoms with Crippen LogP contribution in [0.2, 0.25) is 0 Å². The molecule has 1 aromatic carbocycles. The number of benzene rings is 1. The van der Waals surface area contributed by atoms with Gasteiger partial charge in [-0.15, -0.1) is 11.3 Å². The van der Waals surface area contributed by atoms with Gasteiger partial charge in [-0.1, -0.05) is 18.7 Å². The number of rotatable bonds is 5. The van der Waals surface area contributed by atoms with Crippen LogP contribution in [0.5, 0.6) is 11.5 Å². The van der Waals surface area contributed by atoms with E-state index in [9.17, 15) is 9.59 Å². The molecule has 0 saturated carbocycles. The van der Waals surface area contributed by atoms with Crippen LogP contribution in [0, 0.1) is 0 Å². The van der Waals surface area contributed by atoms with E-state index < -0.39 is 11.8 Å². The van der Waals surface area contributed by atoms with Gasteiger partial charge in [0.2, 0.25) is 0 Å². The molecule has 9 nitrogen and oxygen atoms in total. The molecule has 0 aliphatic carbocycles. The molecule has 2 amide bonds. The van der Waals surface area contributed by atoms with Crippen molar-refractivity contribution in [3.8, 4) is 22.1 Å². The molecule has 0 atom stereocenters. The third kappa shape index (κ3) is 3.83. The van der Waals surface area contributed by atoms with Crippen molar-refractivity contribution in [2.45, 2.75) is 6.92 Å². The smallest absolute Gasteiger partial charge is 0.281 e. The normalized spacial score (nSPS) is 13.5. The highest BCUT2D eigenvalue weighted by molar-refractivity contribution is 7.13. The summed E-state index contributed by atoms with van der Waals surface area (Å²) in [5, 5.41) is 9.27. The monoisotopic (exact) mass is 449 g/mol. The van der Waals surface area contributed by atoms with Gasteiger partial charge >= 0.3 is 0 Å². The van der Waals surface area contributed by atoms with Crippen LogP contribution in [0.1, 0.15) is 17.3 Å². The van der Waals surface area contributed by atoms with Gasteiger partial charge in [-0.25, -0.2) is 4.99 Å². The first-order chi connectivity index (χ1) is 15.4. The zero-order chi connectivity index (χ0) is 22.8. The Morgan fingerprint density at radius 2 is 1.97 bits per heavy atom. The minimum Gasteiger partial charge on any atom is -0.493 e. The van der Waals surface area contributed by atoms with E-state index in [4.69, 9.17) is 9.47 Å². The molecule has 3 aromatic rings. The molecule has 10 heteroatoms. The minimum absolute atomic E-state index is 0.0376. The molecule has 4 rings (SSSR count). The Balaban J connectivity index is 1.77. The Hall–Kier alpha value is -4.05. The number of carbonyl (C=O) groups excluding carboxylic acids is 2. The van der Waals surface area contributed by atoms with Crippen LogP contribution in [0.15, 0.2) is 63.9 Å². The van der Waals surface area contributed by atoms with Gasteiger partial charge < -0.3 is 14.8 Å². The van der Waals surface area contributed by atoms with Crippen molar-refractivity contribution in [1.29, 1.82) is 0 Å². The van der Waals surface area contributed by atoms with Crippen molar-refractivity contribution in [2.24, 2.45) is 9.98 Å². The maximum atomic E-state index is 13.1. The van der Waals surface area contributed by atoms with E-state index in [1.54, 1.807) is 31.2 Å². The lowest BCUT2D eigenvalue weighted by Crippen LogP contribution is -2.25. The van der Waals surface area contributed by atoms with Crippen molar-refractivity contribution in [3.05, 3.63) is 59.5 Å². The summed E-state index contributed by atoms with van der Waals surface area (Å²) < 4.78 is 12.0. The SMILES string of the molecule is C=C1C(=O)N=C(n2nc(-c3cccs3)cc2NC(=O)c2cccc(OC)c2OC)N=C1C. The van der Waals surface area contributed by atoms with Crippen LogP contribution in [0.4, 0.5) is 5.82 Å². The molecule has 2 aromatic heterocycles. The lowest BCUT2D eigenvalue weighted by Gasteiger charge is -2.14. The van der Waals surface area contributed by atoms with Crippen molar-refractivity contribution < 1.29 is 19.1 Å². The molecule has 32 heavy (non-hydrogen) atoms. The van der Waals surface area contributed by atoms with Gasteiger partial charge in [0, 0.05) is 6.07 Å². The van der Waals surface area contributed by atoms with E-state index in [0.29, 0.717) is 28.7 Å². The molecular formula is C22H19N5O4S. The number of nitrogens with one attached hydrogen (secondary N) is 1. The number of nitrogens with zero attached hydrogens (tertiary/aromatic N) is 4. The number of anilines is 1. The van der Waals surface area contributed by atoms with Crippen LogP contribution < -0.4 is 14.8 Å². The van der Waals surface area contributed by atoms with Crippen LogP contribution in [-0.2, 0) is 4.79 Å². The molecule has 162 valence electrons. The summed E-state index contributed by atoms with van der Waals surface area (Å²) in [6.45, 7) is 5.35. The number of hydrogen-bond acceptors (Lipinski definition) is 7. The first-order valence-electron chi connectivity index (χ1n) is 9.47. The van der Waals surface area contributed by atoms with Crippen molar-refractivity contribution in [1.82, 2.24) is 9.78 Å². The number of hydrogen-bond donors (Lipinski definition) is 1. The summed E-state index contributed by atoms with van der Waals surface area (Å²) >= 11 is 1.49. The second-order valence-electron chi connectivity index (χ2n) is 6.69. The fraction of sp³-hybridized carbons (Fsp3) is 0.136. The van der Waals surface area contributed by atoms with E-state index in [2.05, 4.69) is 27.0 Å². The Bertz CT molecular complexity index is 1290. The third-order valence-electron chi connectivity index (χ3n) is 4.73. The van der Waals surface area contributed by atoms with Gasteiger partial charge in [-0.2, -0.15) is 14.8 Å². The maximum absolute atomic E-state index is 13.1. The number of para-hydroxylation sites is 1. The quantitative estimate of drug-likeness (QED) is 0.599. The number of aromatic nitrogens is 2. The number of thiophene rings is 1. The topological polar surface area (TPSA) is 107 Å². The molecule has 1 N–H and O–H groups in total. The minimum atomic E-state index is -0.507. The van der Waals surface area contributed by atoms with Crippen LogP contribution in [-0.4, -0.2) is 47.5 Å². The highest BCUT2D eigenvalue weighted by atomic mass is 32.1. The van der Waals surface area contributed by atoms with Gasteiger partial charge in [-0.3, -0.25) is 9.59 Å². The van der Waals surface area contributed by atoms with E-state index >= 15 is 0 Å². The summed E-state index contributed by atoms with van der Waals surface area (Å²) in [5.74, 6) is 0.0932. The van der Waals surface area contributed by atoms with Gasteiger partial charge in [0.05, 0.1) is 35.9 Å². The number of methoxy groups -OCH3 is 2. The number of carbonyl (C=O) groups is 2. The molecule has 0 bridgehead atoms. The summed E-state index contributed by atoms with van der Waals surface area (Å²) in [6, 6.07) is 10.5. The summed E-state index contributed by atoms with van der Waals surface area (Å²) in [6.07, 6.45) is 0. The zero-order valence-corrected chi connectivity index (χ0v) is 18.4. The first kappa shape index (κ1) is 21.2. The predicted octanol–water partition coefficient (Wildman–Crippen LogP) is 3.64. The standard InChI is InChI=1S/C22H19N5O4S/c1-12-13(2)23-22(25-20(12)28)27-18(11-15(26-27)17-9-6-10-32-17)24-21(29)14-7-5-8-16(30-3)19(14)31-4/h5-11H,1H2,2-4H3,(H,24,29). The summed E-state index contributed by atoms with van der Waals surface area (Å²) in [5.41, 5.74) is 1.51. The fourth-order valence-electron chi connectivity index (χ4n) is 3.07. The van der Waals surface area contributed by atoms with E-state index in [0.717, 1.165) is 4.88 Å². The Morgan fingerprint density at radius 3 is 2.62 bits per heavy atom. The molecule has 0 spiro atoms. The molecular weight excluding hydrogens is 430 g/mol. The molecule has 1 aliphatic rings. The van der Waals surface area contributed by atoms with Crippen LogP contribution >= 0.6 is 11.3 Å².